The van der Waals surface area contributed by atoms with Gasteiger partial charge < -0.3 is 15.0 Å². The Labute approximate surface area is 239 Å². The van der Waals surface area contributed by atoms with Crippen LogP contribution in [0.2, 0.25) is 5.02 Å². The third-order valence-corrected chi connectivity index (χ3v) is 7.73. The van der Waals surface area contributed by atoms with E-state index < -0.39 is 16.7 Å². The molecule has 1 heterocycles. The minimum Gasteiger partial charge on any atom is -0.492 e. The summed E-state index contributed by atoms with van der Waals surface area (Å²) < 4.78 is 6.00. The van der Waals surface area contributed by atoms with Crippen LogP contribution in [0, 0.1) is 6.92 Å². The first-order chi connectivity index (χ1) is 18.7. The first-order valence-electron chi connectivity index (χ1n) is 13.2. The van der Waals surface area contributed by atoms with Gasteiger partial charge in [0.25, 0.3) is 5.91 Å². The second kappa shape index (κ2) is 12.9. The molecule has 0 aliphatic heterocycles. The number of benzene rings is 2. The lowest BCUT2D eigenvalue weighted by molar-refractivity contribution is -0.118. The van der Waals surface area contributed by atoms with Crippen molar-refractivity contribution in [1.29, 1.82) is 0 Å². The normalized spacial score (nSPS) is 14.7. The average Bonchev–Trinajstić information content (AvgIpc) is 2.92. The van der Waals surface area contributed by atoms with Crippen LogP contribution in [-0.4, -0.2) is 58.8 Å². The van der Waals surface area contributed by atoms with Crippen LogP contribution in [0.5, 0.6) is 5.75 Å². The molecule has 7 nitrogen and oxygen atoms in total. The summed E-state index contributed by atoms with van der Waals surface area (Å²) in [6.07, 6.45) is 5.96. The fraction of sp³-hybridized carbons (Fsp3) is 0.400. The Bertz CT molecular complexity index is 1340. The largest absolute Gasteiger partial charge is 0.492 e. The Kier molecular flexibility index (Phi) is 9.59. The Morgan fingerprint density at radius 3 is 2.51 bits per heavy atom. The van der Waals surface area contributed by atoms with Crippen molar-refractivity contribution >= 4 is 34.4 Å². The van der Waals surface area contributed by atoms with E-state index in [9.17, 15) is 9.59 Å². The predicted octanol–water partition coefficient (Wildman–Crippen LogP) is 6.30. The number of rotatable bonds is 10. The van der Waals surface area contributed by atoms with Gasteiger partial charge in [-0.05, 0) is 69.6 Å². The highest BCUT2D eigenvalue weighted by Crippen LogP contribution is 2.36. The van der Waals surface area contributed by atoms with E-state index in [1.807, 2.05) is 57.4 Å². The average molecular weight is 570 g/mol. The van der Waals surface area contributed by atoms with Gasteiger partial charge in [-0.15, -0.1) is 0 Å². The zero-order valence-corrected chi connectivity index (χ0v) is 24.1. The molecule has 3 aromatic rings. The van der Waals surface area contributed by atoms with Crippen LogP contribution in [0.15, 0.2) is 48.7 Å². The Morgan fingerprint density at radius 1 is 1.08 bits per heavy atom. The second-order valence-electron chi connectivity index (χ2n) is 10.3. The highest BCUT2D eigenvalue weighted by molar-refractivity contribution is 6.65. The number of nitrogens with one attached hydrogen (secondary N) is 1. The quantitative estimate of drug-likeness (QED) is 0.228. The van der Waals surface area contributed by atoms with Crippen LogP contribution >= 0.6 is 23.2 Å². The van der Waals surface area contributed by atoms with Gasteiger partial charge in [-0.1, -0.05) is 61.2 Å². The predicted molar refractivity (Wildman–Crippen MR) is 155 cm³/mol. The molecule has 1 aromatic heterocycles. The van der Waals surface area contributed by atoms with Crippen molar-refractivity contribution < 1.29 is 14.3 Å². The number of nitrogens with zero attached hydrogens (tertiary/aromatic N) is 3. The number of hydrogen-bond donors (Lipinski definition) is 1. The van der Waals surface area contributed by atoms with Gasteiger partial charge >= 0.3 is 0 Å². The lowest BCUT2D eigenvalue weighted by Gasteiger charge is -2.34. The van der Waals surface area contributed by atoms with E-state index >= 15 is 0 Å². The molecule has 0 radical (unpaired) electrons. The number of carbonyl (C=O) groups is 2. The maximum Gasteiger partial charge on any atom is 0.272 e. The van der Waals surface area contributed by atoms with E-state index in [2.05, 4.69) is 10.2 Å². The van der Waals surface area contributed by atoms with Gasteiger partial charge in [0, 0.05) is 17.7 Å². The lowest BCUT2D eigenvalue weighted by Crippen LogP contribution is -2.54. The molecule has 0 bridgehead atoms. The number of aromatic nitrogens is 2. The fourth-order valence-corrected chi connectivity index (χ4v) is 5.28. The molecule has 1 fully saturated rings. The molecule has 0 atom stereocenters. The Morgan fingerprint density at radius 2 is 1.82 bits per heavy atom. The van der Waals surface area contributed by atoms with Crippen molar-refractivity contribution in [2.75, 3.05) is 27.2 Å². The smallest absolute Gasteiger partial charge is 0.272 e. The molecular formula is C30H34Cl2N4O3. The molecule has 4 rings (SSSR count). The number of aryl methyl sites for hydroxylation is 1. The molecule has 206 valence electrons. The first-order valence-corrected chi connectivity index (χ1v) is 14.0. The minimum atomic E-state index is -1.08. The molecule has 2 aromatic carbocycles. The molecule has 1 aliphatic carbocycles. The lowest BCUT2D eigenvalue weighted by atomic mass is 9.82. The fourth-order valence-electron chi connectivity index (χ4n) is 4.87. The SMILES string of the molecule is Cc1ccccc1-c1ncc(C(=O)NC2(C(=O)Cl)CCCCC2)nc1-c1ccc(Cl)c(OCCCN(C)C)c1. The zero-order valence-electron chi connectivity index (χ0n) is 22.6. The summed E-state index contributed by atoms with van der Waals surface area (Å²) in [7, 11) is 4.03. The number of hydrogen-bond acceptors (Lipinski definition) is 6. The maximum absolute atomic E-state index is 13.4. The van der Waals surface area contributed by atoms with Crippen molar-refractivity contribution in [2.24, 2.45) is 0 Å². The molecule has 1 saturated carbocycles. The zero-order chi connectivity index (χ0) is 28.0. The second-order valence-corrected chi connectivity index (χ2v) is 11.0. The van der Waals surface area contributed by atoms with E-state index in [-0.39, 0.29) is 5.69 Å². The van der Waals surface area contributed by atoms with Gasteiger partial charge in [-0.2, -0.15) is 0 Å². The third kappa shape index (κ3) is 6.96. The van der Waals surface area contributed by atoms with Crippen molar-refractivity contribution in [3.05, 3.63) is 64.9 Å². The van der Waals surface area contributed by atoms with E-state index in [1.165, 1.54) is 6.20 Å². The van der Waals surface area contributed by atoms with Crippen LogP contribution in [-0.2, 0) is 4.79 Å². The third-order valence-electron chi connectivity index (χ3n) is 7.05. The van der Waals surface area contributed by atoms with Crippen LogP contribution in [0.4, 0.5) is 0 Å². The van der Waals surface area contributed by atoms with Crippen LogP contribution in [0.25, 0.3) is 22.5 Å². The number of ether oxygens (including phenoxy) is 1. The molecule has 1 aliphatic rings. The van der Waals surface area contributed by atoms with Gasteiger partial charge in [-0.25, -0.2) is 4.98 Å². The van der Waals surface area contributed by atoms with Crippen molar-refractivity contribution in [2.45, 2.75) is 51.0 Å². The molecule has 1 amide bonds. The van der Waals surface area contributed by atoms with Gasteiger partial charge in [-0.3, -0.25) is 14.6 Å². The first kappa shape index (κ1) is 29.0. The molecule has 1 N–H and O–H groups in total. The molecule has 0 saturated heterocycles. The highest BCUT2D eigenvalue weighted by Gasteiger charge is 2.40. The minimum absolute atomic E-state index is 0.105. The van der Waals surface area contributed by atoms with E-state index in [0.717, 1.165) is 43.4 Å². The summed E-state index contributed by atoms with van der Waals surface area (Å²) >= 11 is 12.4. The van der Waals surface area contributed by atoms with Crippen LogP contribution in [0.1, 0.15) is 54.6 Å². The molecular weight excluding hydrogens is 535 g/mol. The van der Waals surface area contributed by atoms with E-state index in [4.69, 9.17) is 37.9 Å². The van der Waals surface area contributed by atoms with Crippen LogP contribution in [0.3, 0.4) is 0 Å². The summed E-state index contributed by atoms with van der Waals surface area (Å²) in [5.41, 5.74) is 2.80. The van der Waals surface area contributed by atoms with Crippen molar-refractivity contribution in [3.63, 3.8) is 0 Å². The van der Waals surface area contributed by atoms with Crippen LogP contribution < -0.4 is 10.1 Å². The van der Waals surface area contributed by atoms with Gasteiger partial charge in [0.05, 0.1) is 29.2 Å². The Balaban J connectivity index is 1.73. The summed E-state index contributed by atoms with van der Waals surface area (Å²) in [5.74, 6) is 0.0549. The van der Waals surface area contributed by atoms with Gasteiger partial charge in [0.1, 0.15) is 17.0 Å². The highest BCUT2D eigenvalue weighted by atomic mass is 35.5. The molecule has 39 heavy (non-hydrogen) atoms. The summed E-state index contributed by atoms with van der Waals surface area (Å²) in [6, 6.07) is 13.3. The Hall–Kier alpha value is -3.00. The number of carbonyl (C=O) groups excluding carboxylic acids is 2. The van der Waals surface area contributed by atoms with Crippen molar-refractivity contribution in [3.8, 4) is 28.3 Å². The van der Waals surface area contributed by atoms with Gasteiger partial charge in [0.15, 0.2) is 0 Å². The molecule has 0 unspecified atom stereocenters. The number of amides is 1. The monoisotopic (exact) mass is 568 g/mol. The summed E-state index contributed by atoms with van der Waals surface area (Å²) in [5, 5.41) is 2.83. The van der Waals surface area contributed by atoms with E-state index in [0.29, 0.717) is 47.2 Å². The molecule has 9 heteroatoms. The summed E-state index contributed by atoms with van der Waals surface area (Å²) in [6.45, 7) is 3.40. The van der Waals surface area contributed by atoms with E-state index in [1.54, 1.807) is 6.07 Å². The summed E-state index contributed by atoms with van der Waals surface area (Å²) in [4.78, 5) is 37.3. The molecule has 0 spiro atoms. The maximum atomic E-state index is 13.4. The van der Waals surface area contributed by atoms with Gasteiger partial charge in [0.2, 0.25) is 5.24 Å². The topological polar surface area (TPSA) is 84.4 Å². The standard InChI is InChI=1S/C30H34Cl2N4O3/c1-20-10-5-6-11-22(20)27-26(21-12-13-23(31)25(18-21)39-17-9-16-36(2)3)34-24(19-33-27)28(37)35-30(29(32)38)14-7-4-8-15-30/h5-6,10-13,18-19H,4,7-9,14-17H2,1-3H3,(H,35,37). The van der Waals surface area contributed by atoms with Crippen molar-refractivity contribution in [1.82, 2.24) is 20.2 Å². The number of halogens is 2.